The molecule has 7 nitrogen and oxygen atoms in total. The van der Waals surface area contributed by atoms with Gasteiger partial charge in [0.25, 0.3) is 0 Å². The van der Waals surface area contributed by atoms with Gasteiger partial charge in [-0.15, -0.1) is 0 Å². The molecule has 1 saturated heterocycles. The smallest absolute Gasteiger partial charge is 0.225 e. The molecule has 1 aliphatic rings. The number of piperidine rings is 1. The number of halogens is 1. The minimum atomic E-state index is -3.16. The molecule has 1 amide bonds. The average Bonchev–Trinajstić information content (AvgIpc) is 2.77. The number of rotatable bonds is 4. The maximum Gasteiger partial charge on any atom is 0.225 e. The summed E-state index contributed by atoms with van der Waals surface area (Å²) in [5.74, 6) is -0.0590. The molecule has 0 N–H and O–H groups in total. The van der Waals surface area contributed by atoms with Crippen LogP contribution in [0.25, 0.3) is 0 Å². The Hall–Kier alpha value is -0.930. The van der Waals surface area contributed by atoms with Gasteiger partial charge in [0.1, 0.15) is 0 Å². The van der Waals surface area contributed by atoms with Gasteiger partial charge in [0.2, 0.25) is 15.9 Å². The highest BCUT2D eigenvalue weighted by atomic mass is 79.9. The molecule has 1 aliphatic heterocycles. The van der Waals surface area contributed by atoms with Crippen LogP contribution in [-0.2, 0) is 28.4 Å². The Bertz CT molecular complexity index is 631. The molecule has 0 bridgehead atoms. The number of sulfonamides is 1. The minimum absolute atomic E-state index is 0.0567. The Morgan fingerprint density at radius 3 is 2.50 bits per heavy atom. The first-order valence-electron chi connectivity index (χ1n) is 7.06. The van der Waals surface area contributed by atoms with Crippen LogP contribution in [0.2, 0.25) is 0 Å². The molecule has 1 aromatic heterocycles. The first-order chi connectivity index (χ1) is 10.2. The molecule has 9 heteroatoms. The number of nitrogens with zero attached hydrogens (tertiary/aromatic N) is 4. The number of carbonyl (C=O) groups excluding carboxylic acids is 1. The van der Waals surface area contributed by atoms with Crippen molar-refractivity contribution in [1.82, 2.24) is 19.0 Å². The lowest BCUT2D eigenvalue weighted by molar-refractivity contribution is -0.136. The molecule has 0 unspecified atom stereocenters. The third kappa shape index (κ3) is 3.88. The summed E-state index contributed by atoms with van der Waals surface area (Å²) in [6, 6.07) is 0. The summed E-state index contributed by atoms with van der Waals surface area (Å²) in [5.41, 5.74) is 0.935. The van der Waals surface area contributed by atoms with E-state index < -0.39 is 10.0 Å². The van der Waals surface area contributed by atoms with Crippen molar-refractivity contribution in [2.24, 2.45) is 13.0 Å². The molecule has 0 spiro atoms. The lowest BCUT2D eigenvalue weighted by atomic mass is 9.96. The maximum absolute atomic E-state index is 12.5. The summed E-state index contributed by atoms with van der Waals surface area (Å²) in [5, 5.41) is 4.14. The monoisotopic (exact) mass is 392 g/mol. The van der Waals surface area contributed by atoms with Crippen LogP contribution in [0, 0.1) is 5.92 Å². The predicted molar refractivity (Wildman–Crippen MR) is 86.5 cm³/mol. The van der Waals surface area contributed by atoms with E-state index in [0.717, 1.165) is 10.2 Å². The van der Waals surface area contributed by atoms with Crippen molar-refractivity contribution in [2.45, 2.75) is 19.4 Å². The van der Waals surface area contributed by atoms with Crippen molar-refractivity contribution in [2.75, 3.05) is 26.4 Å². The zero-order chi connectivity index (χ0) is 16.5. The van der Waals surface area contributed by atoms with Crippen LogP contribution >= 0.6 is 15.9 Å². The minimum Gasteiger partial charge on any atom is -0.340 e. The number of hydrogen-bond acceptors (Lipinski definition) is 4. The molecule has 2 rings (SSSR count). The van der Waals surface area contributed by atoms with Crippen LogP contribution in [0.1, 0.15) is 18.5 Å². The molecule has 1 aromatic rings. The standard InChI is InChI=1S/C13H21BrN4O3S/c1-16(9-12-11(14)8-15-17(12)2)13(19)10-4-6-18(7-5-10)22(3,20)21/h8,10H,4-7,9H2,1-3H3. The quantitative estimate of drug-likeness (QED) is 0.759. The summed E-state index contributed by atoms with van der Waals surface area (Å²) in [7, 11) is 0.448. The maximum atomic E-state index is 12.5. The molecule has 0 atom stereocenters. The molecular weight excluding hydrogens is 372 g/mol. The highest BCUT2D eigenvalue weighted by Gasteiger charge is 2.30. The fourth-order valence-electron chi connectivity index (χ4n) is 2.66. The fraction of sp³-hybridized carbons (Fsp3) is 0.692. The van der Waals surface area contributed by atoms with Gasteiger partial charge in [0.15, 0.2) is 0 Å². The molecule has 0 radical (unpaired) electrons. The Morgan fingerprint density at radius 2 is 2.05 bits per heavy atom. The number of carbonyl (C=O) groups is 1. The van der Waals surface area contributed by atoms with E-state index in [4.69, 9.17) is 0 Å². The second-order valence-corrected chi connectivity index (χ2v) is 8.53. The highest BCUT2D eigenvalue weighted by Crippen LogP contribution is 2.23. The third-order valence-electron chi connectivity index (χ3n) is 4.05. The molecular formula is C13H21BrN4O3S. The Kier molecular flexibility index (Phi) is 5.29. The van der Waals surface area contributed by atoms with E-state index in [0.29, 0.717) is 32.5 Å². The van der Waals surface area contributed by atoms with Gasteiger partial charge in [-0.2, -0.15) is 5.10 Å². The van der Waals surface area contributed by atoms with E-state index in [1.807, 2.05) is 7.05 Å². The summed E-state index contributed by atoms with van der Waals surface area (Å²) in [6.07, 6.45) is 4.06. The van der Waals surface area contributed by atoms with Gasteiger partial charge >= 0.3 is 0 Å². The number of aromatic nitrogens is 2. The van der Waals surface area contributed by atoms with E-state index in [2.05, 4.69) is 21.0 Å². The van der Waals surface area contributed by atoms with Crippen molar-refractivity contribution in [3.8, 4) is 0 Å². The van der Waals surface area contributed by atoms with Gasteiger partial charge in [-0.1, -0.05) is 0 Å². The summed E-state index contributed by atoms with van der Waals surface area (Å²) < 4.78 is 27.0. The SMILES string of the molecule is CN(Cc1c(Br)cnn1C)C(=O)C1CCN(S(C)(=O)=O)CC1. The summed E-state index contributed by atoms with van der Waals surface area (Å²) in [6.45, 7) is 1.30. The van der Waals surface area contributed by atoms with Gasteiger partial charge in [-0.05, 0) is 28.8 Å². The number of amides is 1. The predicted octanol–water partition coefficient (Wildman–Crippen LogP) is 0.813. The van der Waals surface area contributed by atoms with Gasteiger partial charge in [0, 0.05) is 33.1 Å². The fourth-order valence-corrected chi connectivity index (χ4v) is 4.01. The second-order valence-electron chi connectivity index (χ2n) is 5.69. The Labute approximate surface area is 139 Å². The molecule has 22 heavy (non-hydrogen) atoms. The van der Waals surface area contributed by atoms with Crippen LogP contribution < -0.4 is 0 Å². The van der Waals surface area contributed by atoms with Crippen LogP contribution in [-0.4, -0.2) is 59.7 Å². The third-order valence-corrected chi connectivity index (χ3v) is 6.01. The van der Waals surface area contributed by atoms with Crippen LogP contribution in [0.4, 0.5) is 0 Å². The molecule has 124 valence electrons. The molecule has 0 aliphatic carbocycles. The molecule has 1 fully saturated rings. The lowest BCUT2D eigenvalue weighted by Gasteiger charge is -2.31. The zero-order valence-corrected chi connectivity index (χ0v) is 15.4. The Morgan fingerprint density at radius 1 is 1.45 bits per heavy atom. The second kappa shape index (κ2) is 6.67. The van der Waals surface area contributed by atoms with Gasteiger partial charge in [-0.3, -0.25) is 9.48 Å². The van der Waals surface area contributed by atoms with Crippen molar-refractivity contribution >= 4 is 31.9 Å². The van der Waals surface area contributed by atoms with Gasteiger partial charge in [0.05, 0.1) is 29.2 Å². The number of hydrogen-bond donors (Lipinski definition) is 0. The van der Waals surface area contributed by atoms with Crippen LogP contribution in [0.3, 0.4) is 0 Å². The number of aryl methyl sites for hydroxylation is 1. The average molecular weight is 393 g/mol. The van der Waals surface area contributed by atoms with Crippen LogP contribution in [0.15, 0.2) is 10.7 Å². The van der Waals surface area contributed by atoms with E-state index in [9.17, 15) is 13.2 Å². The zero-order valence-electron chi connectivity index (χ0n) is 13.0. The topological polar surface area (TPSA) is 75.5 Å². The normalized spacial score (nSPS) is 17.6. The van der Waals surface area contributed by atoms with Crippen molar-refractivity contribution in [3.05, 3.63) is 16.4 Å². The van der Waals surface area contributed by atoms with E-state index in [1.54, 1.807) is 22.8 Å². The van der Waals surface area contributed by atoms with E-state index in [-0.39, 0.29) is 11.8 Å². The van der Waals surface area contributed by atoms with Crippen molar-refractivity contribution in [3.63, 3.8) is 0 Å². The van der Waals surface area contributed by atoms with Crippen LogP contribution in [0.5, 0.6) is 0 Å². The summed E-state index contributed by atoms with van der Waals surface area (Å²) >= 11 is 3.43. The van der Waals surface area contributed by atoms with E-state index in [1.165, 1.54) is 10.6 Å². The first kappa shape index (κ1) is 17.4. The first-order valence-corrected chi connectivity index (χ1v) is 9.70. The van der Waals surface area contributed by atoms with Gasteiger partial charge < -0.3 is 4.90 Å². The molecule has 0 aromatic carbocycles. The largest absolute Gasteiger partial charge is 0.340 e. The van der Waals surface area contributed by atoms with Crippen molar-refractivity contribution < 1.29 is 13.2 Å². The molecule has 2 heterocycles. The lowest BCUT2D eigenvalue weighted by Crippen LogP contribution is -2.43. The Balaban J connectivity index is 1.95. The summed E-state index contributed by atoms with van der Waals surface area (Å²) in [4.78, 5) is 14.2. The van der Waals surface area contributed by atoms with Crippen molar-refractivity contribution in [1.29, 1.82) is 0 Å². The highest BCUT2D eigenvalue weighted by molar-refractivity contribution is 9.10. The van der Waals surface area contributed by atoms with Gasteiger partial charge in [-0.25, -0.2) is 12.7 Å². The molecule has 0 saturated carbocycles. The van der Waals surface area contributed by atoms with E-state index >= 15 is 0 Å².